The summed E-state index contributed by atoms with van der Waals surface area (Å²) < 4.78 is 0. The Morgan fingerprint density at radius 1 is 1.33 bits per heavy atom. The van der Waals surface area contributed by atoms with Crippen molar-refractivity contribution in [3.63, 3.8) is 0 Å². The number of hydrogen-bond acceptors (Lipinski definition) is 2. The van der Waals surface area contributed by atoms with Crippen molar-refractivity contribution < 1.29 is 9.90 Å². The first-order valence-corrected chi connectivity index (χ1v) is 7.68. The summed E-state index contributed by atoms with van der Waals surface area (Å²) in [5.41, 5.74) is 2.78. The molecular weight excluding hydrogens is 286 g/mol. The minimum absolute atomic E-state index is 0.176. The summed E-state index contributed by atoms with van der Waals surface area (Å²) >= 11 is 5.95. The fourth-order valence-electron chi connectivity index (χ4n) is 2.03. The van der Waals surface area contributed by atoms with Crippen LogP contribution in [0.1, 0.15) is 44.9 Å². The van der Waals surface area contributed by atoms with E-state index in [4.69, 9.17) is 16.7 Å². The number of hydrogen-bond donors (Lipinski definition) is 1. The number of benzene rings is 1. The molecule has 0 saturated heterocycles. The molecular formula is C17H26ClNO2. The van der Waals surface area contributed by atoms with Crippen LogP contribution in [0.25, 0.3) is 0 Å². The summed E-state index contributed by atoms with van der Waals surface area (Å²) in [4.78, 5) is 12.0. The third kappa shape index (κ3) is 6.78. The highest BCUT2D eigenvalue weighted by Gasteiger charge is 2.14. The molecule has 0 saturated carbocycles. The molecule has 0 heterocycles. The maximum Gasteiger partial charge on any atom is 0.330 e. The summed E-state index contributed by atoms with van der Waals surface area (Å²) in [5, 5.41) is 7.89. The van der Waals surface area contributed by atoms with E-state index in [2.05, 4.69) is 56.5 Å². The first-order valence-electron chi connectivity index (χ1n) is 7.15. The monoisotopic (exact) mass is 311 g/mol. The van der Waals surface area contributed by atoms with Crippen LogP contribution in [-0.4, -0.2) is 29.1 Å². The van der Waals surface area contributed by atoms with Crippen molar-refractivity contribution >= 4 is 17.6 Å². The zero-order valence-electron chi connectivity index (χ0n) is 13.4. The number of alkyl halides is 1. The normalized spacial score (nSPS) is 11.5. The smallest absolute Gasteiger partial charge is 0.330 e. The highest BCUT2D eigenvalue weighted by atomic mass is 35.5. The first kappa shape index (κ1) is 19.7. The molecule has 0 spiro atoms. The molecule has 1 unspecified atom stereocenters. The standard InChI is InChI=1S/C13H20ClN.C4H6O2/c1-4-15(5-2)11(3)13-9-7-6-8-12(13)10-14;1-3(2)4(5)6/h6-9,11H,4-5,10H2,1-3H3;1H2,2H3,(H,5,6). The van der Waals surface area contributed by atoms with Crippen LogP contribution in [0.2, 0.25) is 0 Å². The Hall–Kier alpha value is -1.32. The van der Waals surface area contributed by atoms with Gasteiger partial charge in [-0.1, -0.05) is 44.7 Å². The van der Waals surface area contributed by atoms with Crippen LogP contribution < -0.4 is 0 Å². The third-order valence-electron chi connectivity index (χ3n) is 3.37. The number of rotatable bonds is 6. The largest absolute Gasteiger partial charge is 0.478 e. The summed E-state index contributed by atoms with van der Waals surface area (Å²) in [6.45, 7) is 13.4. The first-order chi connectivity index (χ1) is 9.88. The molecule has 0 radical (unpaired) electrons. The lowest BCUT2D eigenvalue weighted by Crippen LogP contribution is -2.27. The molecule has 0 amide bonds. The Morgan fingerprint density at radius 2 is 1.81 bits per heavy atom. The van der Waals surface area contributed by atoms with Gasteiger partial charge in [0.15, 0.2) is 0 Å². The Labute approximate surface area is 133 Å². The SMILES string of the molecule is C=C(C)C(=O)O.CCN(CC)C(C)c1ccccc1CCl. The summed E-state index contributed by atoms with van der Waals surface area (Å²) in [6.07, 6.45) is 0. The van der Waals surface area contributed by atoms with E-state index in [-0.39, 0.29) is 5.57 Å². The Morgan fingerprint density at radius 3 is 2.19 bits per heavy atom. The molecule has 0 aliphatic rings. The van der Waals surface area contributed by atoms with E-state index in [9.17, 15) is 4.79 Å². The number of nitrogens with zero attached hydrogens (tertiary/aromatic N) is 1. The highest BCUT2D eigenvalue weighted by molar-refractivity contribution is 6.17. The van der Waals surface area contributed by atoms with Crippen LogP contribution in [0, 0.1) is 0 Å². The Kier molecular flexibility index (Phi) is 9.76. The molecule has 1 aromatic rings. The molecule has 3 nitrogen and oxygen atoms in total. The van der Waals surface area contributed by atoms with Crippen LogP contribution in [0.4, 0.5) is 0 Å². The average molecular weight is 312 g/mol. The number of carboxylic acid groups (broad SMARTS) is 1. The predicted octanol–water partition coefficient (Wildman–Crippen LogP) is 4.48. The van der Waals surface area contributed by atoms with Gasteiger partial charge in [-0.25, -0.2) is 4.79 Å². The number of carbonyl (C=O) groups is 1. The van der Waals surface area contributed by atoms with Gasteiger partial charge in [0, 0.05) is 17.5 Å². The van der Waals surface area contributed by atoms with Crippen molar-refractivity contribution in [2.24, 2.45) is 0 Å². The minimum atomic E-state index is -0.935. The number of aliphatic carboxylic acids is 1. The third-order valence-corrected chi connectivity index (χ3v) is 3.66. The summed E-state index contributed by atoms with van der Waals surface area (Å²) in [5.74, 6) is -0.336. The molecule has 118 valence electrons. The predicted molar refractivity (Wildman–Crippen MR) is 89.8 cm³/mol. The molecule has 1 atom stereocenters. The molecule has 0 aromatic heterocycles. The van der Waals surface area contributed by atoms with Gasteiger partial charge in [-0.15, -0.1) is 11.6 Å². The van der Waals surface area contributed by atoms with Gasteiger partial charge in [0.2, 0.25) is 0 Å². The van der Waals surface area contributed by atoms with Crippen LogP contribution in [0.5, 0.6) is 0 Å². The fraction of sp³-hybridized carbons (Fsp3) is 0.471. The van der Waals surface area contributed by atoms with Crippen molar-refractivity contribution in [2.75, 3.05) is 13.1 Å². The summed E-state index contributed by atoms with van der Waals surface area (Å²) in [6, 6.07) is 8.89. The number of halogens is 1. The van der Waals surface area contributed by atoms with Crippen molar-refractivity contribution in [3.8, 4) is 0 Å². The van der Waals surface area contributed by atoms with E-state index in [0.29, 0.717) is 11.9 Å². The van der Waals surface area contributed by atoms with E-state index in [1.54, 1.807) is 0 Å². The van der Waals surface area contributed by atoms with Crippen molar-refractivity contribution in [2.45, 2.75) is 39.6 Å². The van der Waals surface area contributed by atoms with Crippen molar-refractivity contribution in [1.29, 1.82) is 0 Å². The van der Waals surface area contributed by atoms with Gasteiger partial charge in [-0.3, -0.25) is 4.90 Å². The lowest BCUT2D eigenvalue weighted by Gasteiger charge is -2.28. The zero-order chi connectivity index (χ0) is 16.4. The van der Waals surface area contributed by atoms with Gasteiger partial charge in [0.25, 0.3) is 0 Å². The van der Waals surface area contributed by atoms with Gasteiger partial charge in [0.1, 0.15) is 0 Å². The van der Waals surface area contributed by atoms with Gasteiger partial charge >= 0.3 is 5.97 Å². The van der Waals surface area contributed by atoms with E-state index in [0.717, 1.165) is 13.1 Å². The molecule has 0 aliphatic carbocycles. The second kappa shape index (κ2) is 10.4. The van der Waals surface area contributed by atoms with E-state index in [1.807, 2.05) is 0 Å². The van der Waals surface area contributed by atoms with Gasteiger partial charge in [-0.2, -0.15) is 0 Å². The minimum Gasteiger partial charge on any atom is -0.478 e. The summed E-state index contributed by atoms with van der Waals surface area (Å²) in [7, 11) is 0. The van der Waals surface area contributed by atoms with Gasteiger partial charge in [-0.05, 0) is 38.1 Å². The molecule has 1 N–H and O–H groups in total. The van der Waals surface area contributed by atoms with Crippen molar-refractivity contribution in [1.82, 2.24) is 4.90 Å². The van der Waals surface area contributed by atoms with Gasteiger partial charge in [0.05, 0.1) is 0 Å². The lowest BCUT2D eigenvalue weighted by molar-refractivity contribution is -0.132. The second-order valence-corrected chi connectivity index (χ2v) is 5.08. The zero-order valence-corrected chi connectivity index (χ0v) is 14.2. The highest BCUT2D eigenvalue weighted by Crippen LogP contribution is 2.24. The topological polar surface area (TPSA) is 40.5 Å². The van der Waals surface area contributed by atoms with Crippen LogP contribution in [-0.2, 0) is 10.7 Å². The fourth-order valence-corrected chi connectivity index (χ4v) is 2.27. The molecule has 1 aromatic carbocycles. The van der Waals surface area contributed by atoms with E-state index < -0.39 is 5.97 Å². The molecule has 0 bridgehead atoms. The van der Waals surface area contributed by atoms with E-state index in [1.165, 1.54) is 18.1 Å². The maximum absolute atomic E-state index is 9.60. The molecule has 0 aliphatic heterocycles. The van der Waals surface area contributed by atoms with Gasteiger partial charge < -0.3 is 5.11 Å². The number of carboxylic acids is 1. The average Bonchev–Trinajstić information content (AvgIpc) is 2.48. The van der Waals surface area contributed by atoms with Crippen molar-refractivity contribution in [3.05, 3.63) is 47.5 Å². The maximum atomic E-state index is 9.60. The Balaban J connectivity index is 0.000000567. The Bertz CT molecular complexity index is 444. The molecule has 21 heavy (non-hydrogen) atoms. The molecule has 4 heteroatoms. The lowest BCUT2D eigenvalue weighted by atomic mass is 10.0. The quantitative estimate of drug-likeness (QED) is 0.622. The van der Waals surface area contributed by atoms with Crippen LogP contribution >= 0.6 is 11.6 Å². The molecule has 1 rings (SSSR count). The second-order valence-electron chi connectivity index (χ2n) is 4.82. The van der Waals surface area contributed by atoms with Crippen LogP contribution in [0.3, 0.4) is 0 Å². The molecule has 0 fully saturated rings. The van der Waals surface area contributed by atoms with Crippen LogP contribution in [0.15, 0.2) is 36.4 Å². The van der Waals surface area contributed by atoms with E-state index >= 15 is 0 Å².